The number of hydrogen-bond donors (Lipinski definition) is 8. The molecule has 0 aromatic heterocycles. The minimum absolute atomic E-state index is 0.165. The Kier molecular flexibility index (Phi) is 17.5. The van der Waals surface area contributed by atoms with Crippen molar-refractivity contribution in [2.75, 3.05) is 23.8 Å². The fourth-order valence-electron chi connectivity index (χ4n) is 6.17. The van der Waals surface area contributed by atoms with Gasteiger partial charge in [-0.25, -0.2) is 0 Å². The summed E-state index contributed by atoms with van der Waals surface area (Å²) in [6.07, 6.45) is 1.99. The van der Waals surface area contributed by atoms with Crippen molar-refractivity contribution in [1.29, 1.82) is 0 Å². The number of nitrogens with two attached hydrogens (primary N) is 5. The van der Waals surface area contributed by atoms with E-state index in [0.717, 1.165) is 30.8 Å². The highest BCUT2D eigenvalue weighted by Gasteiger charge is 2.50. The molecule has 0 spiro atoms. The largest absolute Gasteiger partial charge is 0.389 e. The maximum Gasteiger partial charge on any atom is 0.186 e. The summed E-state index contributed by atoms with van der Waals surface area (Å²) in [6.45, 7) is 4.70. The van der Waals surface area contributed by atoms with Gasteiger partial charge in [-0.15, -0.1) is 0 Å². The molecule has 3 aliphatic rings. The molecule has 13 N–H and O–H groups in total. The van der Waals surface area contributed by atoms with Crippen LogP contribution < -0.4 is 28.7 Å². The standard InChI is InChI=1S/C30H61N5O7S2/c1-3-5-7-9-11-43-16-21-24(36)23(35)25(37)30(40-21)42-28-18(33)13-17(32)27(26(28)38)41-29-19(34)14-22(20(15-31)39-29)44-12-10-8-6-4-2/h17-30,36-38H,3-16,31-35H2,1-2H3/t17-,18+,19+,20+,21+,22+,23-,24+,25+,26-,27+,28-,29+,30+/m0/s1. The quantitative estimate of drug-likeness (QED) is 0.0923. The zero-order valence-corrected chi connectivity index (χ0v) is 28.3. The predicted molar refractivity (Wildman–Crippen MR) is 177 cm³/mol. The third-order valence-electron chi connectivity index (χ3n) is 8.97. The smallest absolute Gasteiger partial charge is 0.186 e. The maximum atomic E-state index is 11.4. The molecule has 2 saturated heterocycles. The molecule has 12 nitrogen and oxygen atoms in total. The van der Waals surface area contributed by atoms with Crippen LogP contribution in [0.25, 0.3) is 0 Å². The van der Waals surface area contributed by atoms with Crippen LogP contribution in [-0.4, -0.2) is 124 Å². The first kappa shape index (κ1) is 38.7. The van der Waals surface area contributed by atoms with Gasteiger partial charge >= 0.3 is 0 Å². The third-order valence-corrected chi connectivity index (χ3v) is 11.6. The number of rotatable bonds is 18. The SMILES string of the molecule is CCCCCCSC[C@H]1O[C@H](O[C@@H]2[C@@H](O)[C@H](O[C@H]3O[C@H](CN)[C@H](SCCCCCC)C[C@H]3N)[C@@H](N)C[C@H]2N)[C@H](O)[C@@H](N)[C@@H]1O. The molecule has 44 heavy (non-hydrogen) atoms. The molecule has 0 aromatic carbocycles. The monoisotopic (exact) mass is 667 g/mol. The van der Waals surface area contributed by atoms with Crippen molar-refractivity contribution < 1.29 is 34.3 Å². The molecule has 2 heterocycles. The molecule has 0 unspecified atom stereocenters. The van der Waals surface area contributed by atoms with E-state index in [1.165, 1.54) is 32.1 Å². The molecule has 1 saturated carbocycles. The topological polar surface area (TPSA) is 228 Å². The van der Waals surface area contributed by atoms with Crippen molar-refractivity contribution in [2.24, 2.45) is 28.7 Å². The van der Waals surface area contributed by atoms with Gasteiger partial charge < -0.3 is 62.9 Å². The van der Waals surface area contributed by atoms with Crippen LogP contribution in [0.4, 0.5) is 0 Å². The number of aliphatic hydroxyl groups is 3. The lowest BCUT2D eigenvalue weighted by atomic mass is 9.84. The van der Waals surface area contributed by atoms with E-state index >= 15 is 0 Å². The summed E-state index contributed by atoms with van der Waals surface area (Å²) >= 11 is 3.52. The van der Waals surface area contributed by atoms with Crippen LogP contribution in [0.5, 0.6) is 0 Å². The molecule has 14 atom stereocenters. The lowest BCUT2D eigenvalue weighted by Crippen LogP contribution is -2.68. The van der Waals surface area contributed by atoms with Crippen LogP contribution in [-0.2, 0) is 18.9 Å². The van der Waals surface area contributed by atoms with Crippen LogP contribution in [0.3, 0.4) is 0 Å². The van der Waals surface area contributed by atoms with Gasteiger partial charge in [0.2, 0.25) is 0 Å². The molecule has 0 radical (unpaired) electrons. The number of unbranched alkanes of at least 4 members (excludes halogenated alkanes) is 6. The third kappa shape index (κ3) is 10.9. The maximum absolute atomic E-state index is 11.4. The van der Waals surface area contributed by atoms with Gasteiger partial charge in [0.05, 0.1) is 30.4 Å². The highest BCUT2D eigenvalue weighted by molar-refractivity contribution is 8.00. The van der Waals surface area contributed by atoms with E-state index in [2.05, 4.69) is 13.8 Å². The summed E-state index contributed by atoms with van der Waals surface area (Å²) in [6, 6.07) is -2.67. The molecule has 0 aromatic rings. The van der Waals surface area contributed by atoms with Gasteiger partial charge in [0.1, 0.15) is 24.4 Å². The summed E-state index contributed by atoms with van der Waals surface area (Å²) in [4.78, 5) is 0. The number of thioether (sulfide) groups is 2. The fourth-order valence-corrected chi connectivity index (χ4v) is 8.67. The summed E-state index contributed by atoms with van der Waals surface area (Å²) in [5, 5.41) is 33.1. The van der Waals surface area contributed by atoms with Gasteiger partial charge in [0, 0.05) is 29.6 Å². The van der Waals surface area contributed by atoms with Crippen LogP contribution in [0.2, 0.25) is 0 Å². The Morgan fingerprint density at radius 3 is 1.89 bits per heavy atom. The molecule has 0 amide bonds. The average Bonchev–Trinajstić information content (AvgIpc) is 3.00. The summed E-state index contributed by atoms with van der Waals surface area (Å²) in [5.41, 5.74) is 31.6. The number of hydrogen-bond acceptors (Lipinski definition) is 14. The van der Waals surface area contributed by atoms with Crippen molar-refractivity contribution in [1.82, 2.24) is 0 Å². The first-order chi connectivity index (χ1) is 21.1. The van der Waals surface area contributed by atoms with Crippen molar-refractivity contribution in [3.05, 3.63) is 0 Å². The molecule has 14 heteroatoms. The second kappa shape index (κ2) is 19.9. The van der Waals surface area contributed by atoms with Crippen molar-refractivity contribution >= 4 is 23.5 Å². The van der Waals surface area contributed by atoms with E-state index in [1.807, 2.05) is 11.8 Å². The van der Waals surface area contributed by atoms with Gasteiger partial charge in [-0.05, 0) is 37.2 Å². The Morgan fingerprint density at radius 2 is 1.27 bits per heavy atom. The lowest BCUT2D eigenvalue weighted by molar-refractivity contribution is -0.307. The highest BCUT2D eigenvalue weighted by Crippen LogP contribution is 2.34. The van der Waals surface area contributed by atoms with Gasteiger partial charge in [0.15, 0.2) is 12.6 Å². The minimum atomic E-state index is -1.32. The predicted octanol–water partition coefficient (Wildman–Crippen LogP) is 0.347. The average molecular weight is 668 g/mol. The Bertz CT molecular complexity index is 798. The van der Waals surface area contributed by atoms with E-state index in [-0.39, 0.29) is 11.4 Å². The van der Waals surface area contributed by atoms with E-state index in [4.69, 9.17) is 47.6 Å². The molecule has 3 rings (SSSR count). The van der Waals surface area contributed by atoms with Crippen molar-refractivity contribution in [3.8, 4) is 0 Å². The van der Waals surface area contributed by atoms with E-state index in [1.54, 1.807) is 11.8 Å². The molecular formula is C30H61N5O7S2. The van der Waals surface area contributed by atoms with Crippen molar-refractivity contribution in [3.63, 3.8) is 0 Å². The Labute approximate surface area is 272 Å². The lowest BCUT2D eigenvalue weighted by Gasteiger charge is -2.48. The number of aliphatic hydroxyl groups excluding tert-OH is 3. The van der Waals surface area contributed by atoms with Gasteiger partial charge in [0.25, 0.3) is 0 Å². The molecule has 2 aliphatic heterocycles. The first-order valence-corrected chi connectivity index (χ1v) is 18.9. The van der Waals surface area contributed by atoms with Gasteiger partial charge in [-0.1, -0.05) is 52.4 Å². The zero-order chi connectivity index (χ0) is 32.2. The summed E-state index contributed by atoms with van der Waals surface area (Å²) in [5.74, 6) is 2.47. The summed E-state index contributed by atoms with van der Waals surface area (Å²) in [7, 11) is 0. The molecular weight excluding hydrogens is 606 g/mol. The fraction of sp³-hybridized carbons (Fsp3) is 1.00. The Hall–Kier alpha value is 0.220. The van der Waals surface area contributed by atoms with Crippen LogP contribution in [0, 0.1) is 0 Å². The van der Waals surface area contributed by atoms with Crippen LogP contribution >= 0.6 is 23.5 Å². The van der Waals surface area contributed by atoms with E-state index < -0.39 is 73.4 Å². The van der Waals surface area contributed by atoms with E-state index in [0.29, 0.717) is 25.1 Å². The molecule has 1 aliphatic carbocycles. The second-order valence-electron chi connectivity index (χ2n) is 12.6. The van der Waals surface area contributed by atoms with Crippen LogP contribution in [0.15, 0.2) is 0 Å². The van der Waals surface area contributed by atoms with Gasteiger partial charge in [-0.2, -0.15) is 23.5 Å². The number of ether oxygens (including phenoxy) is 4. The summed E-state index contributed by atoms with van der Waals surface area (Å²) < 4.78 is 24.6. The second-order valence-corrected chi connectivity index (χ2v) is 15.1. The van der Waals surface area contributed by atoms with Crippen molar-refractivity contribution in [2.45, 2.75) is 163 Å². The van der Waals surface area contributed by atoms with Gasteiger partial charge in [-0.3, -0.25) is 0 Å². The zero-order valence-electron chi connectivity index (χ0n) is 26.7. The molecule has 3 fully saturated rings. The highest BCUT2D eigenvalue weighted by atomic mass is 32.2. The molecule has 0 bridgehead atoms. The van der Waals surface area contributed by atoms with Crippen LogP contribution in [0.1, 0.15) is 78.1 Å². The Morgan fingerprint density at radius 1 is 0.682 bits per heavy atom. The Balaban J connectivity index is 1.58. The molecule has 260 valence electrons. The minimum Gasteiger partial charge on any atom is -0.389 e. The van der Waals surface area contributed by atoms with E-state index in [9.17, 15) is 15.3 Å². The first-order valence-electron chi connectivity index (χ1n) is 16.7. The normalized spacial score (nSPS) is 41.6.